The number of carbonyl (C=O) groups is 1. The Labute approximate surface area is 168 Å². The minimum Gasteiger partial charge on any atom is -0.299 e. The lowest BCUT2D eigenvalue weighted by molar-refractivity contribution is -0.116. The predicted octanol–water partition coefficient (Wildman–Crippen LogP) is 3.39. The molecule has 27 heavy (non-hydrogen) atoms. The molecule has 0 unspecified atom stereocenters. The zero-order valence-corrected chi connectivity index (χ0v) is 18.4. The van der Waals surface area contributed by atoms with Crippen LogP contribution in [0.15, 0.2) is 28.6 Å². The molecule has 1 N–H and O–H groups in total. The maximum Gasteiger partial charge on any atom is 0.249 e. The van der Waals surface area contributed by atoms with Crippen LogP contribution in [-0.2, 0) is 14.8 Å². The number of rotatable bonds is 8. The van der Waals surface area contributed by atoms with Gasteiger partial charge in [0, 0.05) is 5.75 Å². The van der Waals surface area contributed by atoms with Gasteiger partial charge in [-0.25, -0.2) is 8.42 Å². The molecule has 7 nitrogen and oxygen atoms in total. The molecule has 1 aromatic carbocycles. The first-order valence-electron chi connectivity index (χ1n) is 8.41. The summed E-state index contributed by atoms with van der Waals surface area (Å²) in [4.78, 5) is 12.6. The SMILES string of the molecule is Cc1ccc(N([C@@H](C)C(=O)Nc2nnc(SCC(C)C)s2)S(C)(=O)=O)cc1. The third-order valence-corrected chi connectivity index (χ3v) is 7.19. The smallest absolute Gasteiger partial charge is 0.249 e. The van der Waals surface area contributed by atoms with E-state index in [4.69, 9.17) is 0 Å². The molecule has 0 aliphatic heterocycles. The minimum atomic E-state index is -3.64. The molecule has 2 rings (SSSR count). The zero-order valence-electron chi connectivity index (χ0n) is 16.0. The molecule has 0 radical (unpaired) electrons. The number of thioether (sulfide) groups is 1. The first-order valence-corrected chi connectivity index (χ1v) is 12.1. The highest BCUT2D eigenvalue weighted by molar-refractivity contribution is 8.01. The van der Waals surface area contributed by atoms with Gasteiger partial charge in [0.1, 0.15) is 6.04 Å². The van der Waals surface area contributed by atoms with Gasteiger partial charge in [-0.1, -0.05) is 54.6 Å². The van der Waals surface area contributed by atoms with Crippen LogP contribution in [0.5, 0.6) is 0 Å². The van der Waals surface area contributed by atoms with Crippen LogP contribution in [-0.4, -0.2) is 42.6 Å². The van der Waals surface area contributed by atoms with E-state index in [2.05, 4.69) is 29.4 Å². The minimum absolute atomic E-state index is 0.357. The van der Waals surface area contributed by atoms with Crippen molar-refractivity contribution in [2.24, 2.45) is 5.92 Å². The summed E-state index contributed by atoms with van der Waals surface area (Å²) < 4.78 is 26.4. The van der Waals surface area contributed by atoms with E-state index in [-0.39, 0.29) is 0 Å². The van der Waals surface area contributed by atoms with E-state index in [1.807, 2.05) is 6.92 Å². The van der Waals surface area contributed by atoms with Crippen LogP contribution < -0.4 is 9.62 Å². The van der Waals surface area contributed by atoms with Gasteiger partial charge in [0.2, 0.25) is 21.1 Å². The molecule has 0 saturated heterocycles. The van der Waals surface area contributed by atoms with Gasteiger partial charge >= 0.3 is 0 Å². The summed E-state index contributed by atoms with van der Waals surface area (Å²) in [6.45, 7) is 7.69. The van der Waals surface area contributed by atoms with Gasteiger partial charge in [0.25, 0.3) is 0 Å². The standard InChI is InChI=1S/C17H24N4O3S3/c1-11(2)10-25-17-20-19-16(26-17)18-15(22)13(4)21(27(5,23)24)14-8-6-12(3)7-9-14/h6-9,11,13H,10H2,1-5H3,(H,18,19,22)/t13-/m0/s1. The fraction of sp³-hybridized carbons (Fsp3) is 0.471. The molecule has 1 amide bonds. The fourth-order valence-corrected chi connectivity index (χ4v) is 5.17. The maximum absolute atomic E-state index is 12.6. The molecule has 148 valence electrons. The van der Waals surface area contributed by atoms with Gasteiger partial charge in [-0.3, -0.25) is 14.4 Å². The Hall–Kier alpha value is -1.65. The molecule has 0 saturated carbocycles. The highest BCUT2D eigenvalue weighted by Gasteiger charge is 2.29. The number of carbonyl (C=O) groups excluding carboxylic acids is 1. The van der Waals surface area contributed by atoms with Crippen LogP contribution in [0.4, 0.5) is 10.8 Å². The lowest BCUT2D eigenvalue weighted by Gasteiger charge is -2.27. The maximum atomic E-state index is 12.6. The first-order chi connectivity index (χ1) is 12.6. The largest absolute Gasteiger partial charge is 0.299 e. The summed E-state index contributed by atoms with van der Waals surface area (Å²) in [5, 5.41) is 11.0. The number of benzene rings is 1. The number of nitrogens with one attached hydrogen (secondary N) is 1. The van der Waals surface area contributed by atoms with E-state index in [0.29, 0.717) is 16.7 Å². The van der Waals surface area contributed by atoms with Crippen LogP contribution in [0.3, 0.4) is 0 Å². The van der Waals surface area contributed by atoms with Crippen molar-refractivity contribution < 1.29 is 13.2 Å². The molecule has 0 spiro atoms. The third kappa shape index (κ3) is 6.18. The fourth-order valence-electron chi connectivity index (χ4n) is 2.27. The predicted molar refractivity (Wildman–Crippen MR) is 112 cm³/mol. The second-order valence-corrected chi connectivity index (χ2v) is 10.7. The van der Waals surface area contributed by atoms with Crippen molar-refractivity contribution in [3.05, 3.63) is 29.8 Å². The zero-order chi connectivity index (χ0) is 20.2. The molecule has 0 fully saturated rings. The highest BCUT2D eigenvalue weighted by atomic mass is 32.2. The second-order valence-electron chi connectivity index (χ2n) is 6.64. The van der Waals surface area contributed by atoms with E-state index < -0.39 is 22.0 Å². The quantitative estimate of drug-likeness (QED) is 0.512. The van der Waals surface area contributed by atoms with Crippen LogP contribution in [0, 0.1) is 12.8 Å². The number of hydrogen-bond donors (Lipinski definition) is 1. The second kappa shape index (κ2) is 9.03. The van der Waals surface area contributed by atoms with Gasteiger partial charge in [0.05, 0.1) is 11.9 Å². The van der Waals surface area contributed by atoms with E-state index in [0.717, 1.165) is 26.2 Å². The Bertz CT molecular complexity index is 879. The van der Waals surface area contributed by atoms with Crippen molar-refractivity contribution in [2.75, 3.05) is 21.6 Å². The van der Waals surface area contributed by atoms with Gasteiger partial charge in [-0.2, -0.15) is 0 Å². The average molecular weight is 429 g/mol. The third-order valence-electron chi connectivity index (χ3n) is 3.55. The number of amides is 1. The number of anilines is 2. The average Bonchev–Trinajstić information content (AvgIpc) is 3.01. The van der Waals surface area contributed by atoms with E-state index in [9.17, 15) is 13.2 Å². The van der Waals surface area contributed by atoms with Crippen molar-refractivity contribution in [1.29, 1.82) is 0 Å². The Morgan fingerprint density at radius 3 is 2.41 bits per heavy atom. The number of hydrogen-bond acceptors (Lipinski definition) is 7. The molecule has 0 aliphatic rings. The van der Waals surface area contributed by atoms with Crippen molar-refractivity contribution in [1.82, 2.24) is 10.2 Å². The molecule has 10 heteroatoms. The van der Waals surface area contributed by atoms with Crippen molar-refractivity contribution in [2.45, 2.75) is 38.1 Å². The first kappa shape index (κ1) is 21.6. The number of sulfonamides is 1. The Balaban J connectivity index is 2.14. The summed E-state index contributed by atoms with van der Waals surface area (Å²) in [5.74, 6) is 0.973. The Kier molecular flexibility index (Phi) is 7.24. The lowest BCUT2D eigenvalue weighted by Crippen LogP contribution is -2.45. The van der Waals surface area contributed by atoms with Crippen LogP contribution in [0.25, 0.3) is 0 Å². The van der Waals surface area contributed by atoms with E-state index in [1.54, 1.807) is 43.0 Å². The van der Waals surface area contributed by atoms with E-state index >= 15 is 0 Å². The van der Waals surface area contributed by atoms with Gasteiger partial charge < -0.3 is 0 Å². The lowest BCUT2D eigenvalue weighted by atomic mass is 10.2. The van der Waals surface area contributed by atoms with Crippen LogP contribution in [0.2, 0.25) is 0 Å². The summed E-state index contributed by atoms with van der Waals surface area (Å²) in [7, 11) is -3.64. The molecular formula is C17H24N4O3S3. The van der Waals surface area contributed by atoms with Gasteiger partial charge in [-0.15, -0.1) is 10.2 Å². The Morgan fingerprint density at radius 2 is 1.85 bits per heavy atom. The Morgan fingerprint density at radius 1 is 1.22 bits per heavy atom. The van der Waals surface area contributed by atoms with Gasteiger partial charge in [-0.05, 0) is 31.9 Å². The van der Waals surface area contributed by atoms with Crippen molar-refractivity contribution in [3.63, 3.8) is 0 Å². The van der Waals surface area contributed by atoms with Crippen LogP contribution >= 0.6 is 23.1 Å². The molecule has 1 atom stereocenters. The normalized spacial score (nSPS) is 12.8. The van der Waals surface area contributed by atoms with Crippen molar-refractivity contribution in [3.8, 4) is 0 Å². The van der Waals surface area contributed by atoms with Crippen molar-refractivity contribution >= 4 is 49.8 Å². The summed E-state index contributed by atoms with van der Waals surface area (Å²) in [6.07, 6.45) is 1.09. The topological polar surface area (TPSA) is 92.3 Å². The van der Waals surface area contributed by atoms with Crippen LogP contribution in [0.1, 0.15) is 26.3 Å². The molecule has 0 bridgehead atoms. The molecule has 2 aromatic rings. The molecule has 1 aromatic heterocycles. The van der Waals surface area contributed by atoms with Gasteiger partial charge in [0.15, 0.2) is 4.34 Å². The number of aryl methyl sites for hydroxylation is 1. The number of aromatic nitrogens is 2. The summed E-state index contributed by atoms with van der Waals surface area (Å²) in [6, 6.07) is 6.05. The highest BCUT2D eigenvalue weighted by Crippen LogP contribution is 2.28. The summed E-state index contributed by atoms with van der Waals surface area (Å²) in [5.41, 5.74) is 1.45. The molecule has 0 aliphatic carbocycles. The summed E-state index contributed by atoms with van der Waals surface area (Å²) >= 11 is 2.86. The monoisotopic (exact) mass is 428 g/mol. The van der Waals surface area contributed by atoms with E-state index in [1.165, 1.54) is 11.3 Å². The molecule has 1 heterocycles. The molecular weight excluding hydrogens is 404 g/mol. The number of nitrogens with zero attached hydrogens (tertiary/aromatic N) is 3.